The third-order valence-corrected chi connectivity index (χ3v) is 1.53. The molecule has 0 spiro atoms. The van der Waals surface area contributed by atoms with Crippen LogP contribution in [0.5, 0.6) is 11.5 Å². The molecule has 0 unspecified atom stereocenters. The van der Waals surface area contributed by atoms with Gasteiger partial charge in [-0.3, -0.25) is 4.99 Å². The molecule has 0 atom stereocenters. The lowest BCUT2D eigenvalue weighted by atomic mass is 10.4. The van der Waals surface area contributed by atoms with Crippen molar-refractivity contribution in [3.8, 4) is 11.5 Å². The summed E-state index contributed by atoms with van der Waals surface area (Å²) in [6.45, 7) is 2.56. The zero-order valence-corrected chi connectivity index (χ0v) is 7.15. The summed E-state index contributed by atoms with van der Waals surface area (Å²) in [6, 6.07) is 1.43. The quantitative estimate of drug-likeness (QED) is 0.636. The number of nitrogens with zero attached hydrogens (tertiary/aromatic N) is 2. The van der Waals surface area contributed by atoms with Gasteiger partial charge in [0.25, 0.3) is 0 Å². The highest BCUT2D eigenvalue weighted by Crippen LogP contribution is 2.19. The lowest BCUT2D eigenvalue weighted by Crippen LogP contribution is -2.16. The Balaban J connectivity index is 3.33. The van der Waals surface area contributed by atoms with Gasteiger partial charge in [0.15, 0.2) is 11.5 Å². The van der Waals surface area contributed by atoms with Crippen LogP contribution in [0.3, 0.4) is 0 Å². The number of hydrogen-bond donors (Lipinski definition) is 2. The molecule has 2 N–H and O–H groups in total. The van der Waals surface area contributed by atoms with Gasteiger partial charge in [-0.25, -0.2) is 0 Å². The van der Waals surface area contributed by atoms with Crippen LogP contribution < -0.4 is 5.49 Å². The van der Waals surface area contributed by atoms with E-state index in [1.165, 1.54) is 12.3 Å². The fourth-order valence-electron chi connectivity index (χ4n) is 0.933. The molecule has 0 aliphatic heterocycles. The monoisotopic (exact) mass is 168 g/mol. The second kappa shape index (κ2) is 3.30. The van der Waals surface area contributed by atoms with E-state index in [0.29, 0.717) is 12.0 Å². The van der Waals surface area contributed by atoms with Crippen LogP contribution >= 0.6 is 0 Å². The van der Waals surface area contributed by atoms with Gasteiger partial charge in [0.2, 0.25) is 0 Å². The SMILES string of the molecule is CC/N=c1/cc(O)c(O)cn1C. The standard InChI is InChI=1S/C8H12N2O2/c1-3-9-8-4-6(11)7(12)5-10(8)2/h4-5,11-12H,3H2,1-2H3/b9-8-. The third kappa shape index (κ3) is 1.58. The van der Waals surface area contributed by atoms with E-state index in [9.17, 15) is 0 Å². The molecule has 0 radical (unpaired) electrons. The Hall–Kier alpha value is -1.45. The third-order valence-electron chi connectivity index (χ3n) is 1.53. The highest BCUT2D eigenvalue weighted by atomic mass is 16.3. The van der Waals surface area contributed by atoms with Crippen LogP contribution in [0.2, 0.25) is 0 Å². The van der Waals surface area contributed by atoms with Crippen molar-refractivity contribution < 1.29 is 10.2 Å². The Morgan fingerprint density at radius 2 is 2.08 bits per heavy atom. The van der Waals surface area contributed by atoms with E-state index in [-0.39, 0.29) is 11.5 Å². The average Bonchev–Trinajstić information content (AvgIpc) is 2.01. The smallest absolute Gasteiger partial charge is 0.174 e. The van der Waals surface area contributed by atoms with E-state index < -0.39 is 0 Å². The summed E-state index contributed by atoms with van der Waals surface area (Å²) in [7, 11) is 1.76. The first-order valence-corrected chi connectivity index (χ1v) is 3.74. The highest BCUT2D eigenvalue weighted by molar-refractivity contribution is 5.33. The van der Waals surface area contributed by atoms with Crippen molar-refractivity contribution in [2.75, 3.05) is 6.54 Å². The Bertz CT molecular complexity index is 341. The molecule has 66 valence electrons. The van der Waals surface area contributed by atoms with E-state index in [4.69, 9.17) is 10.2 Å². The second-order valence-electron chi connectivity index (χ2n) is 2.49. The summed E-state index contributed by atoms with van der Waals surface area (Å²) in [5.41, 5.74) is 0.646. The summed E-state index contributed by atoms with van der Waals surface area (Å²) in [6.07, 6.45) is 1.42. The average molecular weight is 168 g/mol. The molecule has 0 aliphatic carbocycles. The van der Waals surface area contributed by atoms with E-state index in [2.05, 4.69) is 4.99 Å². The molecular formula is C8H12N2O2. The molecule has 12 heavy (non-hydrogen) atoms. The van der Waals surface area contributed by atoms with Gasteiger partial charge < -0.3 is 14.8 Å². The Morgan fingerprint density at radius 3 is 2.67 bits per heavy atom. The van der Waals surface area contributed by atoms with Crippen LogP contribution in [-0.4, -0.2) is 21.3 Å². The first-order valence-electron chi connectivity index (χ1n) is 3.74. The predicted octanol–water partition coefficient (Wildman–Crippen LogP) is 0.357. The van der Waals surface area contributed by atoms with E-state index in [0.717, 1.165) is 0 Å². The zero-order chi connectivity index (χ0) is 9.14. The van der Waals surface area contributed by atoms with E-state index in [1.54, 1.807) is 11.6 Å². The van der Waals surface area contributed by atoms with Crippen LogP contribution in [0.4, 0.5) is 0 Å². The van der Waals surface area contributed by atoms with E-state index >= 15 is 0 Å². The molecule has 4 nitrogen and oxygen atoms in total. The summed E-state index contributed by atoms with van der Waals surface area (Å²) in [4.78, 5) is 4.10. The normalized spacial score (nSPS) is 12.0. The minimum atomic E-state index is -0.139. The zero-order valence-electron chi connectivity index (χ0n) is 7.15. The number of rotatable bonds is 1. The van der Waals surface area contributed by atoms with Gasteiger partial charge in [0.1, 0.15) is 5.49 Å². The van der Waals surface area contributed by atoms with Crippen molar-refractivity contribution in [3.63, 3.8) is 0 Å². The van der Waals surface area contributed by atoms with Gasteiger partial charge in [0, 0.05) is 19.7 Å². The van der Waals surface area contributed by atoms with Crippen molar-refractivity contribution in [2.45, 2.75) is 6.92 Å². The van der Waals surface area contributed by atoms with Crippen molar-refractivity contribution in [2.24, 2.45) is 12.0 Å². The van der Waals surface area contributed by atoms with Gasteiger partial charge in [-0.05, 0) is 6.92 Å². The lowest BCUT2D eigenvalue weighted by molar-refractivity contribution is 0.397. The first kappa shape index (κ1) is 8.64. The van der Waals surface area contributed by atoms with Gasteiger partial charge in [-0.15, -0.1) is 0 Å². The number of aromatic nitrogens is 1. The summed E-state index contributed by atoms with van der Waals surface area (Å²) in [5.74, 6) is -0.271. The molecule has 1 heterocycles. The molecule has 0 saturated heterocycles. The second-order valence-corrected chi connectivity index (χ2v) is 2.49. The highest BCUT2D eigenvalue weighted by Gasteiger charge is 1.98. The predicted molar refractivity (Wildman–Crippen MR) is 44.8 cm³/mol. The first-order chi connectivity index (χ1) is 5.65. The number of hydrogen-bond acceptors (Lipinski definition) is 3. The van der Waals surface area contributed by atoms with Crippen molar-refractivity contribution in [3.05, 3.63) is 17.8 Å². The van der Waals surface area contributed by atoms with Crippen molar-refractivity contribution in [1.29, 1.82) is 0 Å². The fourth-order valence-corrected chi connectivity index (χ4v) is 0.933. The maximum absolute atomic E-state index is 9.13. The minimum absolute atomic E-state index is 0.132. The molecule has 0 fully saturated rings. The molecular weight excluding hydrogens is 156 g/mol. The molecule has 4 heteroatoms. The van der Waals surface area contributed by atoms with Gasteiger partial charge in [-0.1, -0.05) is 0 Å². The summed E-state index contributed by atoms with van der Waals surface area (Å²) < 4.78 is 1.65. The summed E-state index contributed by atoms with van der Waals surface area (Å²) in [5, 5.41) is 18.2. The fraction of sp³-hybridized carbons (Fsp3) is 0.375. The number of aryl methyl sites for hydroxylation is 1. The Morgan fingerprint density at radius 1 is 1.42 bits per heavy atom. The number of pyridine rings is 1. The molecule has 0 amide bonds. The van der Waals surface area contributed by atoms with E-state index in [1.807, 2.05) is 6.92 Å². The Labute approximate surface area is 70.4 Å². The molecule has 0 saturated carbocycles. The van der Waals surface area contributed by atoms with Gasteiger partial charge in [0.05, 0.1) is 6.20 Å². The lowest BCUT2D eigenvalue weighted by Gasteiger charge is -2.02. The van der Waals surface area contributed by atoms with Crippen LogP contribution in [0.15, 0.2) is 17.3 Å². The topological polar surface area (TPSA) is 57.8 Å². The number of aromatic hydroxyl groups is 2. The largest absolute Gasteiger partial charge is 0.504 e. The molecule has 0 aromatic carbocycles. The maximum atomic E-state index is 9.13. The van der Waals surface area contributed by atoms with Crippen molar-refractivity contribution in [1.82, 2.24) is 4.57 Å². The van der Waals surface area contributed by atoms with Crippen LogP contribution in [-0.2, 0) is 7.05 Å². The Kier molecular flexibility index (Phi) is 2.38. The summed E-state index contributed by atoms with van der Waals surface area (Å²) >= 11 is 0. The van der Waals surface area contributed by atoms with Crippen molar-refractivity contribution >= 4 is 0 Å². The molecule has 1 rings (SSSR count). The van der Waals surface area contributed by atoms with Gasteiger partial charge >= 0.3 is 0 Å². The van der Waals surface area contributed by atoms with Crippen LogP contribution in [0.25, 0.3) is 0 Å². The van der Waals surface area contributed by atoms with Crippen LogP contribution in [0.1, 0.15) is 6.92 Å². The maximum Gasteiger partial charge on any atom is 0.174 e. The van der Waals surface area contributed by atoms with Gasteiger partial charge in [-0.2, -0.15) is 0 Å². The molecule has 0 bridgehead atoms. The van der Waals surface area contributed by atoms with Crippen LogP contribution in [0, 0.1) is 0 Å². The minimum Gasteiger partial charge on any atom is -0.504 e. The molecule has 0 aliphatic rings. The molecule has 1 aromatic rings. The molecule has 1 aromatic heterocycles.